The smallest absolute Gasteiger partial charge is 0.228 e. The van der Waals surface area contributed by atoms with Crippen LogP contribution in [0.5, 0.6) is 0 Å². The quantitative estimate of drug-likeness (QED) is 0.748. The number of β-amino-alcohol motifs (C(OH)–C–C–N with tert-alkyl or cyclic N) is 1. The molecule has 4 nitrogen and oxygen atoms in total. The van der Waals surface area contributed by atoms with E-state index >= 15 is 0 Å². The molecule has 1 fully saturated rings. The highest BCUT2D eigenvalue weighted by molar-refractivity contribution is 5.79. The maximum atomic E-state index is 11.7. The van der Waals surface area contributed by atoms with Crippen molar-refractivity contribution in [2.24, 2.45) is 0 Å². The van der Waals surface area contributed by atoms with Crippen molar-refractivity contribution < 1.29 is 9.90 Å². The number of aryl methyl sites for hydroxylation is 1. The summed E-state index contributed by atoms with van der Waals surface area (Å²) >= 11 is 0. The van der Waals surface area contributed by atoms with Crippen LogP contribution >= 0.6 is 0 Å². The minimum Gasteiger partial charge on any atom is -0.389 e. The number of pyridine rings is 1. The standard InChI is InChI=1S/C11H14N2O2/c1-8-3-2-4-12-10(8)5-11(15)13-6-9(14)7-13/h2-4,9,14H,5-7H2,1H3. The summed E-state index contributed by atoms with van der Waals surface area (Å²) < 4.78 is 0. The summed E-state index contributed by atoms with van der Waals surface area (Å²) in [5, 5.41) is 9.08. The molecule has 4 heteroatoms. The first kappa shape index (κ1) is 10.1. The molecule has 80 valence electrons. The molecule has 1 N–H and O–H groups in total. The number of hydrogen-bond acceptors (Lipinski definition) is 3. The van der Waals surface area contributed by atoms with Crippen molar-refractivity contribution in [3.63, 3.8) is 0 Å². The average Bonchev–Trinajstić information content (AvgIpc) is 2.17. The fraction of sp³-hybridized carbons (Fsp3) is 0.455. The van der Waals surface area contributed by atoms with E-state index in [1.165, 1.54) is 0 Å². The van der Waals surface area contributed by atoms with Gasteiger partial charge in [0.1, 0.15) is 0 Å². The lowest BCUT2D eigenvalue weighted by atomic mass is 10.1. The first-order valence-electron chi connectivity index (χ1n) is 5.03. The van der Waals surface area contributed by atoms with Crippen molar-refractivity contribution in [1.29, 1.82) is 0 Å². The number of carbonyl (C=O) groups excluding carboxylic acids is 1. The number of carbonyl (C=O) groups is 1. The maximum absolute atomic E-state index is 11.7. The van der Waals surface area contributed by atoms with Crippen LogP contribution in [0.2, 0.25) is 0 Å². The second kappa shape index (κ2) is 3.98. The molecule has 0 aromatic carbocycles. The molecule has 1 aliphatic heterocycles. The number of aliphatic hydroxyl groups excluding tert-OH is 1. The molecular formula is C11H14N2O2. The molecule has 0 unspecified atom stereocenters. The second-order valence-electron chi connectivity index (χ2n) is 3.90. The summed E-state index contributed by atoms with van der Waals surface area (Å²) in [4.78, 5) is 17.5. The monoisotopic (exact) mass is 206 g/mol. The van der Waals surface area contributed by atoms with E-state index in [0.29, 0.717) is 19.5 Å². The lowest BCUT2D eigenvalue weighted by Crippen LogP contribution is -2.54. The fourth-order valence-electron chi connectivity index (χ4n) is 1.62. The highest BCUT2D eigenvalue weighted by Gasteiger charge is 2.28. The van der Waals surface area contributed by atoms with Gasteiger partial charge in [0.2, 0.25) is 5.91 Å². The number of amides is 1. The molecule has 0 radical (unpaired) electrons. The number of aromatic nitrogens is 1. The van der Waals surface area contributed by atoms with Crippen molar-refractivity contribution in [1.82, 2.24) is 9.88 Å². The third-order valence-electron chi connectivity index (χ3n) is 2.65. The molecular weight excluding hydrogens is 192 g/mol. The lowest BCUT2D eigenvalue weighted by molar-refractivity contribution is -0.140. The van der Waals surface area contributed by atoms with E-state index in [0.717, 1.165) is 11.3 Å². The first-order chi connectivity index (χ1) is 7.16. The van der Waals surface area contributed by atoms with Crippen molar-refractivity contribution in [3.05, 3.63) is 29.6 Å². The average molecular weight is 206 g/mol. The largest absolute Gasteiger partial charge is 0.389 e. The Kier molecular flexibility index (Phi) is 2.68. The number of aliphatic hydroxyl groups is 1. The summed E-state index contributed by atoms with van der Waals surface area (Å²) in [6.45, 7) is 2.87. The molecule has 1 aromatic heterocycles. The zero-order chi connectivity index (χ0) is 10.8. The number of hydrogen-bond donors (Lipinski definition) is 1. The van der Waals surface area contributed by atoms with E-state index in [-0.39, 0.29) is 12.0 Å². The summed E-state index contributed by atoms with van der Waals surface area (Å²) in [5.74, 6) is 0.0436. The fourth-order valence-corrected chi connectivity index (χ4v) is 1.62. The Morgan fingerprint density at radius 1 is 1.67 bits per heavy atom. The van der Waals surface area contributed by atoms with Gasteiger partial charge in [0.25, 0.3) is 0 Å². The predicted molar refractivity (Wildman–Crippen MR) is 55.3 cm³/mol. The summed E-state index contributed by atoms with van der Waals surface area (Å²) in [6.07, 6.45) is 1.69. The first-order valence-corrected chi connectivity index (χ1v) is 5.03. The minimum atomic E-state index is -0.334. The van der Waals surface area contributed by atoms with Crippen molar-refractivity contribution >= 4 is 5.91 Å². The molecule has 2 rings (SSSR count). The van der Waals surface area contributed by atoms with Crippen LogP contribution in [0.3, 0.4) is 0 Å². The van der Waals surface area contributed by atoms with Crippen molar-refractivity contribution in [2.75, 3.05) is 13.1 Å². The van der Waals surface area contributed by atoms with Crippen LogP contribution in [0.15, 0.2) is 18.3 Å². The summed E-state index contributed by atoms with van der Waals surface area (Å²) in [7, 11) is 0. The van der Waals surface area contributed by atoms with Crippen LogP contribution in [0.4, 0.5) is 0 Å². The van der Waals surface area contributed by atoms with E-state index < -0.39 is 0 Å². The second-order valence-corrected chi connectivity index (χ2v) is 3.90. The molecule has 0 atom stereocenters. The zero-order valence-corrected chi connectivity index (χ0v) is 8.68. The molecule has 0 spiro atoms. The van der Waals surface area contributed by atoms with E-state index in [2.05, 4.69) is 4.98 Å². The van der Waals surface area contributed by atoms with Crippen LogP contribution in [-0.2, 0) is 11.2 Å². The molecule has 1 saturated heterocycles. The lowest BCUT2D eigenvalue weighted by Gasteiger charge is -2.35. The van der Waals surface area contributed by atoms with E-state index in [4.69, 9.17) is 5.11 Å². The molecule has 1 amide bonds. The normalized spacial score (nSPS) is 16.3. The van der Waals surface area contributed by atoms with Gasteiger partial charge in [-0.3, -0.25) is 9.78 Å². The highest BCUT2D eigenvalue weighted by Crippen LogP contribution is 2.11. The zero-order valence-electron chi connectivity index (χ0n) is 8.68. The van der Waals surface area contributed by atoms with Gasteiger partial charge in [-0.25, -0.2) is 0 Å². The SMILES string of the molecule is Cc1cccnc1CC(=O)N1CC(O)C1. The Bertz CT molecular complexity index is 373. The third kappa shape index (κ3) is 2.15. The topological polar surface area (TPSA) is 53.4 Å². The van der Waals surface area contributed by atoms with Gasteiger partial charge in [0.05, 0.1) is 18.2 Å². The van der Waals surface area contributed by atoms with Gasteiger partial charge < -0.3 is 10.0 Å². The van der Waals surface area contributed by atoms with Crippen LogP contribution in [0.1, 0.15) is 11.3 Å². The van der Waals surface area contributed by atoms with Gasteiger partial charge in [-0.05, 0) is 18.6 Å². The molecule has 0 saturated carbocycles. The van der Waals surface area contributed by atoms with Crippen molar-refractivity contribution in [3.8, 4) is 0 Å². The van der Waals surface area contributed by atoms with Crippen LogP contribution < -0.4 is 0 Å². The van der Waals surface area contributed by atoms with Gasteiger partial charge >= 0.3 is 0 Å². The van der Waals surface area contributed by atoms with Crippen LogP contribution in [-0.4, -0.2) is 40.1 Å². The molecule has 1 aromatic rings. The number of likely N-dealkylation sites (tertiary alicyclic amines) is 1. The molecule has 0 aliphatic carbocycles. The highest BCUT2D eigenvalue weighted by atomic mass is 16.3. The number of rotatable bonds is 2. The minimum absolute atomic E-state index is 0.0436. The summed E-state index contributed by atoms with van der Waals surface area (Å²) in [6, 6.07) is 3.80. The van der Waals surface area contributed by atoms with Crippen molar-refractivity contribution in [2.45, 2.75) is 19.4 Å². The molecule has 2 heterocycles. The third-order valence-corrected chi connectivity index (χ3v) is 2.65. The summed E-state index contributed by atoms with van der Waals surface area (Å²) in [5.41, 5.74) is 1.86. The van der Waals surface area contributed by atoms with Gasteiger partial charge in [0, 0.05) is 19.3 Å². The van der Waals surface area contributed by atoms with Gasteiger partial charge in [0.15, 0.2) is 0 Å². The Morgan fingerprint density at radius 2 is 2.40 bits per heavy atom. The molecule has 0 bridgehead atoms. The maximum Gasteiger partial charge on any atom is 0.228 e. The Balaban J connectivity index is 1.97. The molecule has 1 aliphatic rings. The van der Waals surface area contributed by atoms with E-state index in [1.54, 1.807) is 11.1 Å². The Labute approximate surface area is 88.6 Å². The van der Waals surface area contributed by atoms with Gasteiger partial charge in [-0.15, -0.1) is 0 Å². The van der Waals surface area contributed by atoms with Gasteiger partial charge in [-0.2, -0.15) is 0 Å². The van der Waals surface area contributed by atoms with Crippen LogP contribution in [0.25, 0.3) is 0 Å². The van der Waals surface area contributed by atoms with E-state index in [1.807, 2.05) is 19.1 Å². The Hall–Kier alpha value is -1.42. The Morgan fingerprint density at radius 3 is 3.00 bits per heavy atom. The number of nitrogens with zero attached hydrogens (tertiary/aromatic N) is 2. The van der Waals surface area contributed by atoms with E-state index in [9.17, 15) is 4.79 Å². The van der Waals surface area contributed by atoms with Crippen LogP contribution in [0, 0.1) is 6.92 Å². The molecule has 15 heavy (non-hydrogen) atoms. The van der Waals surface area contributed by atoms with Gasteiger partial charge in [-0.1, -0.05) is 6.07 Å². The predicted octanol–water partition coefficient (Wildman–Crippen LogP) is 0.136.